The highest BCUT2D eigenvalue weighted by molar-refractivity contribution is 5.95. The summed E-state index contributed by atoms with van der Waals surface area (Å²) < 4.78 is 1.78. The highest BCUT2D eigenvalue weighted by atomic mass is 16.1. The van der Waals surface area contributed by atoms with E-state index in [0.29, 0.717) is 12.1 Å². The first-order valence-electron chi connectivity index (χ1n) is 7.68. The Balaban J connectivity index is 1.65. The van der Waals surface area contributed by atoms with Crippen molar-refractivity contribution in [2.24, 2.45) is 0 Å². The van der Waals surface area contributed by atoms with Crippen molar-refractivity contribution in [1.29, 1.82) is 0 Å². The van der Waals surface area contributed by atoms with Crippen molar-refractivity contribution in [2.45, 2.75) is 13.3 Å². The van der Waals surface area contributed by atoms with Gasteiger partial charge in [-0.25, -0.2) is 4.68 Å². The molecule has 4 heteroatoms. The first-order chi connectivity index (χ1) is 11.3. The van der Waals surface area contributed by atoms with Crippen LogP contribution in [-0.2, 0) is 6.42 Å². The van der Waals surface area contributed by atoms with Gasteiger partial charge in [-0.05, 0) is 31.0 Å². The molecule has 0 spiro atoms. The van der Waals surface area contributed by atoms with E-state index in [4.69, 9.17) is 0 Å². The SMILES string of the molecule is Cc1c(C(=O)NCCc2ccccc2)cnn1-c1ccccc1. The number of rotatable bonds is 5. The summed E-state index contributed by atoms with van der Waals surface area (Å²) in [5, 5.41) is 7.29. The topological polar surface area (TPSA) is 46.9 Å². The molecule has 0 unspecified atom stereocenters. The molecular weight excluding hydrogens is 286 g/mol. The van der Waals surface area contributed by atoms with Gasteiger partial charge in [0.1, 0.15) is 0 Å². The molecule has 1 amide bonds. The van der Waals surface area contributed by atoms with Crippen LogP contribution in [0.15, 0.2) is 66.9 Å². The highest BCUT2D eigenvalue weighted by Crippen LogP contribution is 2.13. The molecule has 1 aromatic heterocycles. The van der Waals surface area contributed by atoms with Gasteiger partial charge in [0, 0.05) is 6.54 Å². The molecule has 0 aliphatic rings. The Morgan fingerprint density at radius 2 is 1.70 bits per heavy atom. The standard InChI is InChI=1S/C19H19N3O/c1-15-18(14-21-22(15)17-10-6-3-7-11-17)19(23)20-13-12-16-8-4-2-5-9-16/h2-11,14H,12-13H2,1H3,(H,20,23). The van der Waals surface area contributed by atoms with E-state index in [2.05, 4.69) is 22.5 Å². The zero-order chi connectivity index (χ0) is 16.1. The van der Waals surface area contributed by atoms with Gasteiger partial charge in [0.25, 0.3) is 5.91 Å². The van der Waals surface area contributed by atoms with Gasteiger partial charge in [-0.1, -0.05) is 48.5 Å². The predicted octanol–water partition coefficient (Wildman–Crippen LogP) is 3.15. The molecule has 3 aromatic rings. The number of carbonyl (C=O) groups is 1. The van der Waals surface area contributed by atoms with Crippen LogP contribution in [0.3, 0.4) is 0 Å². The maximum Gasteiger partial charge on any atom is 0.254 e. The smallest absolute Gasteiger partial charge is 0.254 e. The summed E-state index contributed by atoms with van der Waals surface area (Å²) in [4.78, 5) is 12.3. The molecule has 0 atom stereocenters. The second-order valence-electron chi connectivity index (χ2n) is 5.38. The normalized spacial score (nSPS) is 10.5. The average Bonchev–Trinajstić information content (AvgIpc) is 2.98. The van der Waals surface area contributed by atoms with Gasteiger partial charge in [-0.2, -0.15) is 5.10 Å². The van der Waals surface area contributed by atoms with Crippen molar-refractivity contribution in [3.63, 3.8) is 0 Å². The number of hydrogen-bond acceptors (Lipinski definition) is 2. The van der Waals surface area contributed by atoms with Crippen LogP contribution in [0.4, 0.5) is 0 Å². The lowest BCUT2D eigenvalue weighted by atomic mass is 10.1. The van der Waals surface area contributed by atoms with Crippen LogP contribution in [0.5, 0.6) is 0 Å². The summed E-state index contributed by atoms with van der Waals surface area (Å²) in [7, 11) is 0. The second-order valence-corrected chi connectivity index (χ2v) is 5.38. The minimum Gasteiger partial charge on any atom is -0.352 e. The molecule has 0 radical (unpaired) electrons. The maximum atomic E-state index is 12.3. The van der Waals surface area contributed by atoms with Crippen molar-refractivity contribution in [3.05, 3.63) is 83.7 Å². The van der Waals surface area contributed by atoms with Gasteiger partial charge in [0.15, 0.2) is 0 Å². The molecule has 4 nitrogen and oxygen atoms in total. The molecule has 23 heavy (non-hydrogen) atoms. The molecule has 0 saturated carbocycles. The average molecular weight is 305 g/mol. The third-order valence-electron chi connectivity index (χ3n) is 3.80. The van der Waals surface area contributed by atoms with Gasteiger partial charge in [0.05, 0.1) is 23.1 Å². The third kappa shape index (κ3) is 3.48. The number of hydrogen-bond donors (Lipinski definition) is 1. The van der Waals surface area contributed by atoms with Gasteiger partial charge < -0.3 is 5.32 Å². The quantitative estimate of drug-likeness (QED) is 0.787. The predicted molar refractivity (Wildman–Crippen MR) is 90.8 cm³/mol. The van der Waals surface area contributed by atoms with Gasteiger partial charge in [-0.3, -0.25) is 4.79 Å². The van der Waals surface area contributed by atoms with Crippen LogP contribution in [0.1, 0.15) is 21.6 Å². The van der Waals surface area contributed by atoms with E-state index in [1.54, 1.807) is 10.9 Å². The second kappa shape index (κ2) is 6.92. The summed E-state index contributed by atoms with van der Waals surface area (Å²) >= 11 is 0. The minimum absolute atomic E-state index is 0.0828. The van der Waals surface area contributed by atoms with Crippen molar-refractivity contribution < 1.29 is 4.79 Å². The van der Waals surface area contributed by atoms with E-state index in [1.807, 2.05) is 55.5 Å². The van der Waals surface area contributed by atoms with E-state index in [0.717, 1.165) is 17.8 Å². The van der Waals surface area contributed by atoms with E-state index in [9.17, 15) is 4.79 Å². The molecule has 0 bridgehead atoms. The molecular formula is C19H19N3O. The lowest BCUT2D eigenvalue weighted by molar-refractivity contribution is 0.0953. The Morgan fingerprint density at radius 1 is 1.04 bits per heavy atom. The summed E-state index contributed by atoms with van der Waals surface area (Å²) in [6.45, 7) is 2.52. The lowest BCUT2D eigenvalue weighted by Crippen LogP contribution is -2.26. The Morgan fingerprint density at radius 3 is 2.39 bits per heavy atom. The molecule has 116 valence electrons. The fourth-order valence-corrected chi connectivity index (χ4v) is 2.52. The molecule has 0 fully saturated rings. The number of amides is 1. The fourth-order valence-electron chi connectivity index (χ4n) is 2.52. The number of benzene rings is 2. The van der Waals surface area contributed by atoms with Crippen LogP contribution >= 0.6 is 0 Å². The summed E-state index contributed by atoms with van der Waals surface area (Å²) in [5.41, 5.74) is 3.62. The molecule has 0 saturated heterocycles. The van der Waals surface area contributed by atoms with Crippen molar-refractivity contribution >= 4 is 5.91 Å². The van der Waals surface area contributed by atoms with Crippen molar-refractivity contribution in [3.8, 4) is 5.69 Å². The van der Waals surface area contributed by atoms with E-state index in [1.165, 1.54) is 5.56 Å². The number of para-hydroxylation sites is 1. The van der Waals surface area contributed by atoms with Crippen molar-refractivity contribution in [2.75, 3.05) is 6.54 Å². The van der Waals surface area contributed by atoms with Crippen LogP contribution in [0, 0.1) is 6.92 Å². The number of nitrogens with zero attached hydrogens (tertiary/aromatic N) is 2. The van der Waals surface area contributed by atoms with Crippen LogP contribution in [0.25, 0.3) is 5.69 Å². The molecule has 0 aliphatic heterocycles. The Kier molecular flexibility index (Phi) is 4.52. The minimum atomic E-state index is -0.0828. The van der Waals surface area contributed by atoms with Gasteiger partial charge in [0.2, 0.25) is 0 Å². The molecule has 1 heterocycles. The van der Waals surface area contributed by atoms with Crippen molar-refractivity contribution in [1.82, 2.24) is 15.1 Å². The first kappa shape index (κ1) is 15.0. The van der Waals surface area contributed by atoms with Crippen LogP contribution < -0.4 is 5.32 Å². The number of carbonyl (C=O) groups excluding carboxylic acids is 1. The molecule has 1 N–H and O–H groups in total. The van der Waals surface area contributed by atoms with Crippen LogP contribution in [0.2, 0.25) is 0 Å². The fraction of sp³-hybridized carbons (Fsp3) is 0.158. The zero-order valence-electron chi connectivity index (χ0n) is 13.1. The third-order valence-corrected chi connectivity index (χ3v) is 3.80. The summed E-state index contributed by atoms with van der Waals surface area (Å²) in [6.07, 6.45) is 2.44. The van der Waals surface area contributed by atoms with Gasteiger partial charge in [-0.15, -0.1) is 0 Å². The van der Waals surface area contributed by atoms with E-state index < -0.39 is 0 Å². The largest absolute Gasteiger partial charge is 0.352 e. The van der Waals surface area contributed by atoms with E-state index >= 15 is 0 Å². The maximum absolute atomic E-state index is 12.3. The lowest BCUT2D eigenvalue weighted by Gasteiger charge is -2.06. The van der Waals surface area contributed by atoms with Crippen LogP contribution in [-0.4, -0.2) is 22.2 Å². The zero-order valence-corrected chi connectivity index (χ0v) is 13.1. The Bertz CT molecular complexity index is 779. The molecule has 0 aliphatic carbocycles. The first-order valence-corrected chi connectivity index (χ1v) is 7.68. The number of aromatic nitrogens is 2. The Hall–Kier alpha value is -2.88. The van der Waals surface area contributed by atoms with E-state index in [-0.39, 0.29) is 5.91 Å². The highest BCUT2D eigenvalue weighted by Gasteiger charge is 2.14. The summed E-state index contributed by atoms with van der Waals surface area (Å²) in [6, 6.07) is 19.9. The Labute approximate surface area is 135 Å². The number of nitrogens with one attached hydrogen (secondary N) is 1. The van der Waals surface area contributed by atoms with Gasteiger partial charge >= 0.3 is 0 Å². The summed E-state index contributed by atoms with van der Waals surface area (Å²) in [5.74, 6) is -0.0828. The monoisotopic (exact) mass is 305 g/mol. The molecule has 2 aromatic carbocycles. The molecule has 3 rings (SSSR count).